The van der Waals surface area contributed by atoms with Crippen LogP contribution in [-0.4, -0.2) is 54.1 Å². The molecule has 2 aliphatic heterocycles. The maximum Gasteiger partial charge on any atom is 0.318 e. The Hall–Kier alpha value is -2.93. The quantitative estimate of drug-likeness (QED) is 0.689. The molecule has 7 heteroatoms. The average molecular weight is 435 g/mol. The van der Waals surface area contributed by atoms with Crippen molar-refractivity contribution in [2.45, 2.75) is 44.8 Å². The molecular weight excluding hydrogens is 404 g/mol. The molecule has 168 valence electrons. The molecule has 1 unspecified atom stereocenters. The number of methoxy groups -OCH3 is 1. The average Bonchev–Trinajstić information content (AvgIpc) is 2.87. The van der Waals surface area contributed by atoms with Crippen molar-refractivity contribution < 1.29 is 14.3 Å². The highest BCUT2D eigenvalue weighted by Gasteiger charge is 2.31. The van der Waals surface area contributed by atoms with Crippen molar-refractivity contribution in [3.8, 4) is 6.01 Å². The van der Waals surface area contributed by atoms with E-state index >= 15 is 0 Å². The summed E-state index contributed by atoms with van der Waals surface area (Å²) in [6.45, 7) is 6.78. The first kappa shape index (κ1) is 20.9. The van der Waals surface area contributed by atoms with Gasteiger partial charge in [-0.3, -0.25) is 4.79 Å². The van der Waals surface area contributed by atoms with E-state index in [1.807, 2.05) is 4.90 Å². The van der Waals surface area contributed by atoms with Gasteiger partial charge in [-0.15, -0.1) is 0 Å². The molecule has 0 N–H and O–H groups in total. The number of piperazine rings is 1. The van der Waals surface area contributed by atoms with E-state index in [0.29, 0.717) is 45.2 Å². The smallest absolute Gasteiger partial charge is 0.318 e. The molecule has 0 bridgehead atoms. The zero-order valence-electron chi connectivity index (χ0n) is 18.7. The number of aryl methyl sites for hydroxylation is 1. The van der Waals surface area contributed by atoms with Gasteiger partial charge in [0.2, 0.25) is 5.91 Å². The van der Waals surface area contributed by atoms with E-state index in [1.54, 1.807) is 7.11 Å². The van der Waals surface area contributed by atoms with Crippen molar-refractivity contribution in [2.75, 3.05) is 38.2 Å². The number of carbonyl (C=O) groups is 1. The van der Waals surface area contributed by atoms with Gasteiger partial charge in [-0.2, -0.15) is 9.97 Å². The van der Waals surface area contributed by atoms with Crippen molar-refractivity contribution >= 4 is 11.7 Å². The third kappa shape index (κ3) is 3.86. The van der Waals surface area contributed by atoms with Gasteiger partial charge in [-0.25, -0.2) is 0 Å². The van der Waals surface area contributed by atoms with Crippen molar-refractivity contribution in [2.24, 2.45) is 0 Å². The monoisotopic (exact) mass is 434 g/mol. The molecule has 0 saturated carbocycles. The SMILES string of the molecule is C=CC(=O)N1CCN(c2nc(OC)nc3c2COC(c2cccc4c2CCCC4)C3)CC1. The fraction of sp³-hybridized carbons (Fsp3) is 0.480. The van der Waals surface area contributed by atoms with Crippen LogP contribution in [0.15, 0.2) is 30.9 Å². The molecule has 3 aliphatic rings. The first-order valence-corrected chi connectivity index (χ1v) is 11.5. The van der Waals surface area contributed by atoms with Crippen LogP contribution >= 0.6 is 0 Å². The number of hydrogen-bond acceptors (Lipinski definition) is 6. The second kappa shape index (κ2) is 8.90. The lowest BCUT2D eigenvalue weighted by Crippen LogP contribution is -2.49. The summed E-state index contributed by atoms with van der Waals surface area (Å²) in [4.78, 5) is 25.4. The van der Waals surface area contributed by atoms with Crippen LogP contribution in [-0.2, 0) is 35.4 Å². The van der Waals surface area contributed by atoms with E-state index in [-0.39, 0.29) is 12.0 Å². The van der Waals surface area contributed by atoms with Crippen LogP contribution in [0.5, 0.6) is 6.01 Å². The van der Waals surface area contributed by atoms with E-state index in [1.165, 1.54) is 35.6 Å². The molecule has 1 amide bonds. The molecule has 0 radical (unpaired) electrons. The van der Waals surface area contributed by atoms with Crippen molar-refractivity contribution in [3.05, 3.63) is 58.8 Å². The number of anilines is 1. The maximum atomic E-state index is 11.9. The summed E-state index contributed by atoms with van der Waals surface area (Å²) in [5, 5.41) is 0. The number of carbonyl (C=O) groups excluding carboxylic acids is 1. The molecule has 1 fully saturated rings. The largest absolute Gasteiger partial charge is 0.467 e. The third-order valence-electron chi connectivity index (χ3n) is 6.89. The Morgan fingerprint density at radius 2 is 1.97 bits per heavy atom. The van der Waals surface area contributed by atoms with Crippen molar-refractivity contribution in [1.29, 1.82) is 0 Å². The van der Waals surface area contributed by atoms with Gasteiger partial charge in [0, 0.05) is 38.2 Å². The van der Waals surface area contributed by atoms with Gasteiger partial charge in [0.1, 0.15) is 5.82 Å². The van der Waals surface area contributed by atoms with Crippen LogP contribution in [0.3, 0.4) is 0 Å². The molecule has 1 aromatic heterocycles. The summed E-state index contributed by atoms with van der Waals surface area (Å²) in [7, 11) is 1.61. The van der Waals surface area contributed by atoms with Crippen LogP contribution < -0.4 is 9.64 Å². The molecule has 2 aromatic rings. The number of amides is 1. The Labute approximate surface area is 189 Å². The van der Waals surface area contributed by atoms with E-state index in [9.17, 15) is 4.79 Å². The van der Waals surface area contributed by atoms with Crippen molar-refractivity contribution in [1.82, 2.24) is 14.9 Å². The lowest BCUT2D eigenvalue weighted by atomic mass is 9.85. The second-order valence-corrected chi connectivity index (χ2v) is 8.67. The van der Waals surface area contributed by atoms with Gasteiger partial charge in [0.05, 0.1) is 25.5 Å². The van der Waals surface area contributed by atoms with Crippen LogP contribution in [0.2, 0.25) is 0 Å². The van der Waals surface area contributed by atoms with Gasteiger partial charge in [-0.05, 0) is 48.4 Å². The molecule has 5 rings (SSSR count). The number of nitrogens with zero attached hydrogens (tertiary/aromatic N) is 4. The number of ether oxygens (including phenoxy) is 2. The fourth-order valence-corrected chi connectivity index (χ4v) is 5.16. The molecule has 1 aromatic carbocycles. The highest BCUT2D eigenvalue weighted by atomic mass is 16.5. The Kier molecular flexibility index (Phi) is 5.83. The molecule has 1 atom stereocenters. The molecule has 1 saturated heterocycles. The lowest BCUT2D eigenvalue weighted by molar-refractivity contribution is -0.126. The number of hydrogen-bond donors (Lipinski definition) is 0. The lowest BCUT2D eigenvalue weighted by Gasteiger charge is -2.37. The van der Waals surface area contributed by atoms with Gasteiger partial charge >= 0.3 is 6.01 Å². The maximum absolute atomic E-state index is 11.9. The summed E-state index contributed by atoms with van der Waals surface area (Å²) < 4.78 is 11.9. The minimum absolute atomic E-state index is 0.00469. The highest BCUT2D eigenvalue weighted by molar-refractivity contribution is 5.87. The first-order valence-electron chi connectivity index (χ1n) is 11.5. The van der Waals surface area contributed by atoms with E-state index in [2.05, 4.69) is 34.7 Å². The summed E-state index contributed by atoms with van der Waals surface area (Å²) in [5.74, 6) is 0.843. The summed E-state index contributed by atoms with van der Waals surface area (Å²) >= 11 is 0. The molecule has 32 heavy (non-hydrogen) atoms. The van der Waals surface area contributed by atoms with Gasteiger partial charge in [0.15, 0.2) is 0 Å². The standard InChI is InChI=1S/C25H30N4O3/c1-3-23(30)28-11-13-29(14-12-28)24-20-16-32-22(15-21(20)26-25(27-24)31-2)19-10-6-8-17-7-4-5-9-18(17)19/h3,6,8,10,22H,1,4-5,7,9,11-16H2,2H3. The van der Waals surface area contributed by atoms with Crippen molar-refractivity contribution in [3.63, 3.8) is 0 Å². The predicted octanol–water partition coefficient (Wildman–Crippen LogP) is 3.01. The number of aromatic nitrogens is 2. The molecular formula is C25H30N4O3. The Balaban J connectivity index is 1.42. The summed E-state index contributed by atoms with van der Waals surface area (Å²) in [5.41, 5.74) is 6.28. The first-order chi connectivity index (χ1) is 15.7. The van der Waals surface area contributed by atoms with E-state index in [0.717, 1.165) is 29.9 Å². The van der Waals surface area contributed by atoms with Crippen LogP contribution in [0.1, 0.15) is 46.9 Å². The van der Waals surface area contributed by atoms with Gasteiger partial charge in [0.25, 0.3) is 0 Å². The Morgan fingerprint density at radius 1 is 1.16 bits per heavy atom. The number of rotatable bonds is 4. The minimum atomic E-state index is -0.0238. The fourth-order valence-electron chi connectivity index (χ4n) is 5.16. The Bertz CT molecular complexity index is 1030. The molecule has 0 spiro atoms. The topological polar surface area (TPSA) is 67.8 Å². The molecule has 7 nitrogen and oxygen atoms in total. The minimum Gasteiger partial charge on any atom is -0.467 e. The zero-order valence-corrected chi connectivity index (χ0v) is 18.7. The predicted molar refractivity (Wildman–Crippen MR) is 122 cm³/mol. The normalized spacial score (nSPS) is 20.3. The number of benzene rings is 1. The molecule has 1 aliphatic carbocycles. The second-order valence-electron chi connectivity index (χ2n) is 8.67. The zero-order chi connectivity index (χ0) is 22.1. The number of fused-ring (bicyclic) bond motifs is 2. The van der Waals surface area contributed by atoms with Crippen LogP contribution in [0, 0.1) is 0 Å². The van der Waals surface area contributed by atoms with E-state index in [4.69, 9.17) is 14.5 Å². The summed E-state index contributed by atoms with van der Waals surface area (Å²) in [6.07, 6.45) is 6.90. The summed E-state index contributed by atoms with van der Waals surface area (Å²) in [6, 6.07) is 7.03. The Morgan fingerprint density at radius 3 is 2.75 bits per heavy atom. The highest BCUT2D eigenvalue weighted by Crippen LogP contribution is 2.38. The van der Waals surface area contributed by atoms with Crippen LogP contribution in [0.25, 0.3) is 0 Å². The van der Waals surface area contributed by atoms with Crippen LogP contribution in [0.4, 0.5) is 5.82 Å². The molecule has 3 heterocycles. The van der Waals surface area contributed by atoms with Gasteiger partial charge in [-0.1, -0.05) is 24.8 Å². The van der Waals surface area contributed by atoms with E-state index < -0.39 is 0 Å². The third-order valence-corrected chi connectivity index (χ3v) is 6.89. The van der Waals surface area contributed by atoms with Gasteiger partial charge < -0.3 is 19.3 Å².